The quantitative estimate of drug-likeness (QED) is 0.507. The molecule has 0 aromatic rings. The normalized spacial score (nSPS) is 14.9. The van der Waals surface area contributed by atoms with E-state index in [0.717, 1.165) is 0 Å². The van der Waals surface area contributed by atoms with Gasteiger partial charge >= 0.3 is 11.9 Å². The van der Waals surface area contributed by atoms with Gasteiger partial charge in [0.15, 0.2) is 0 Å². The summed E-state index contributed by atoms with van der Waals surface area (Å²) in [6, 6.07) is 0. The van der Waals surface area contributed by atoms with Crippen molar-refractivity contribution in [3.05, 3.63) is 22.5 Å². The van der Waals surface area contributed by atoms with Crippen LogP contribution in [0.25, 0.3) is 0 Å². The molecule has 0 fully saturated rings. The third kappa shape index (κ3) is 5.69. The Bertz CT molecular complexity index is 509. The molecule has 1 aliphatic heterocycles. The number of dihydropyridines is 1. The number of allylic oxidation sites excluding steroid dienone is 1. The highest BCUT2D eigenvalue weighted by molar-refractivity contribution is 5.96. The standard InChI is InChI=1S/C16H26N2O5/c1-5-22-15(19)13-8-12(16(20)23-10(2)3)11(4)18-14(13)9-21-7-6-17/h10,18H,5-9,17H2,1-4H3. The predicted molar refractivity (Wildman–Crippen MR) is 85.2 cm³/mol. The molecule has 0 bridgehead atoms. The highest BCUT2D eigenvalue weighted by Crippen LogP contribution is 2.25. The van der Waals surface area contributed by atoms with Crippen molar-refractivity contribution in [1.82, 2.24) is 5.32 Å². The minimum absolute atomic E-state index is 0.157. The number of hydrogen-bond acceptors (Lipinski definition) is 7. The summed E-state index contributed by atoms with van der Waals surface area (Å²) in [5.74, 6) is -0.901. The summed E-state index contributed by atoms with van der Waals surface area (Å²) in [5.41, 5.74) is 7.44. The maximum absolute atomic E-state index is 12.2. The Kier molecular flexibility index (Phi) is 7.77. The lowest BCUT2D eigenvalue weighted by atomic mass is 9.98. The molecule has 0 saturated carbocycles. The second kappa shape index (κ2) is 9.32. The van der Waals surface area contributed by atoms with Gasteiger partial charge in [0.25, 0.3) is 0 Å². The van der Waals surface area contributed by atoms with E-state index in [9.17, 15) is 9.59 Å². The molecule has 0 spiro atoms. The van der Waals surface area contributed by atoms with Crippen LogP contribution < -0.4 is 11.1 Å². The molecule has 130 valence electrons. The van der Waals surface area contributed by atoms with Crippen molar-refractivity contribution in [2.24, 2.45) is 5.73 Å². The van der Waals surface area contributed by atoms with E-state index in [4.69, 9.17) is 19.9 Å². The van der Waals surface area contributed by atoms with Crippen molar-refractivity contribution in [2.75, 3.05) is 26.4 Å². The molecule has 0 radical (unpaired) electrons. The molecule has 0 aromatic heterocycles. The summed E-state index contributed by atoms with van der Waals surface area (Å²) in [6.45, 7) is 8.28. The molecular weight excluding hydrogens is 300 g/mol. The van der Waals surface area contributed by atoms with Crippen LogP contribution in [0.2, 0.25) is 0 Å². The maximum Gasteiger partial charge on any atom is 0.336 e. The Morgan fingerprint density at radius 3 is 2.52 bits per heavy atom. The topological polar surface area (TPSA) is 99.9 Å². The smallest absolute Gasteiger partial charge is 0.336 e. The molecule has 1 rings (SSSR count). The molecule has 0 amide bonds. The van der Waals surface area contributed by atoms with Gasteiger partial charge in [0, 0.05) is 18.7 Å². The molecule has 7 heteroatoms. The lowest BCUT2D eigenvalue weighted by Gasteiger charge is -2.24. The molecule has 0 unspecified atom stereocenters. The predicted octanol–water partition coefficient (Wildman–Crippen LogP) is 0.998. The fraction of sp³-hybridized carbons (Fsp3) is 0.625. The van der Waals surface area contributed by atoms with Gasteiger partial charge in [-0.1, -0.05) is 0 Å². The second-order valence-electron chi connectivity index (χ2n) is 5.38. The summed E-state index contributed by atoms with van der Waals surface area (Å²) in [5, 5.41) is 3.06. The van der Waals surface area contributed by atoms with E-state index in [1.54, 1.807) is 27.7 Å². The van der Waals surface area contributed by atoms with Crippen molar-refractivity contribution in [3.63, 3.8) is 0 Å². The largest absolute Gasteiger partial charge is 0.463 e. The van der Waals surface area contributed by atoms with E-state index in [1.165, 1.54) is 0 Å². The second-order valence-corrected chi connectivity index (χ2v) is 5.38. The van der Waals surface area contributed by atoms with Gasteiger partial charge in [-0.25, -0.2) is 9.59 Å². The average Bonchev–Trinajstić information content (AvgIpc) is 2.47. The van der Waals surface area contributed by atoms with Crippen molar-refractivity contribution in [2.45, 2.75) is 40.2 Å². The van der Waals surface area contributed by atoms with Crippen LogP contribution in [0.5, 0.6) is 0 Å². The van der Waals surface area contributed by atoms with Gasteiger partial charge in [-0.15, -0.1) is 0 Å². The van der Waals surface area contributed by atoms with E-state index in [2.05, 4.69) is 5.32 Å². The Morgan fingerprint density at radius 1 is 1.26 bits per heavy atom. The molecule has 7 nitrogen and oxygen atoms in total. The van der Waals surface area contributed by atoms with Gasteiger partial charge in [-0.2, -0.15) is 0 Å². The number of carbonyl (C=O) groups excluding carboxylic acids is 2. The van der Waals surface area contributed by atoms with Crippen molar-refractivity contribution in [1.29, 1.82) is 0 Å². The van der Waals surface area contributed by atoms with Gasteiger partial charge in [0.2, 0.25) is 0 Å². The molecule has 3 N–H and O–H groups in total. The molecular formula is C16H26N2O5. The van der Waals surface area contributed by atoms with E-state index in [0.29, 0.717) is 35.7 Å². The lowest BCUT2D eigenvalue weighted by Crippen LogP contribution is -2.31. The minimum atomic E-state index is -0.464. The van der Waals surface area contributed by atoms with E-state index >= 15 is 0 Å². The summed E-state index contributed by atoms with van der Waals surface area (Å²) in [6.07, 6.45) is -0.0723. The summed E-state index contributed by atoms with van der Waals surface area (Å²) in [7, 11) is 0. The van der Waals surface area contributed by atoms with Crippen LogP contribution in [0.3, 0.4) is 0 Å². The number of rotatable bonds is 8. The highest BCUT2D eigenvalue weighted by atomic mass is 16.5. The van der Waals surface area contributed by atoms with Crippen LogP contribution in [-0.2, 0) is 23.8 Å². The number of esters is 2. The zero-order valence-electron chi connectivity index (χ0n) is 14.2. The first-order valence-electron chi connectivity index (χ1n) is 7.75. The zero-order valence-corrected chi connectivity index (χ0v) is 14.2. The molecule has 0 atom stereocenters. The molecule has 1 heterocycles. The van der Waals surface area contributed by atoms with E-state index < -0.39 is 11.9 Å². The van der Waals surface area contributed by atoms with Crippen molar-refractivity contribution in [3.8, 4) is 0 Å². The third-order valence-corrected chi connectivity index (χ3v) is 3.13. The Morgan fingerprint density at radius 2 is 1.96 bits per heavy atom. The number of nitrogens with one attached hydrogen (secondary N) is 1. The monoisotopic (exact) mass is 326 g/mol. The fourth-order valence-corrected chi connectivity index (χ4v) is 2.10. The first-order valence-corrected chi connectivity index (χ1v) is 7.75. The molecule has 0 saturated heterocycles. The molecule has 23 heavy (non-hydrogen) atoms. The van der Waals surface area contributed by atoms with Gasteiger partial charge < -0.3 is 25.3 Å². The van der Waals surface area contributed by atoms with Crippen LogP contribution in [0.1, 0.15) is 34.1 Å². The average molecular weight is 326 g/mol. The summed E-state index contributed by atoms with van der Waals surface area (Å²) < 4.78 is 15.7. The van der Waals surface area contributed by atoms with Crippen LogP contribution in [0, 0.1) is 0 Å². The molecule has 0 aliphatic carbocycles. The lowest BCUT2D eigenvalue weighted by molar-refractivity contribution is -0.142. The number of hydrogen-bond donors (Lipinski definition) is 2. The van der Waals surface area contributed by atoms with Gasteiger partial charge in [0.05, 0.1) is 42.8 Å². The Balaban J connectivity index is 2.96. The SMILES string of the molecule is CCOC(=O)C1=C(COCCN)NC(C)=C(C(=O)OC(C)C)C1. The fourth-order valence-electron chi connectivity index (χ4n) is 2.10. The van der Waals surface area contributed by atoms with Crippen LogP contribution in [0.4, 0.5) is 0 Å². The van der Waals surface area contributed by atoms with E-state index in [1.807, 2.05) is 0 Å². The maximum atomic E-state index is 12.2. The van der Waals surface area contributed by atoms with E-state index in [-0.39, 0.29) is 25.7 Å². The number of ether oxygens (including phenoxy) is 3. The number of nitrogens with two attached hydrogens (primary N) is 1. The van der Waals surface area contributed by atoms with Gasteiger partial charge in [0.1, 0.15) is 0 Å². The zero-order chi connectivity index (χ0) is 17.4. The highest BCUT2D eigenvalue weighted by Gasteiger charge is 2.28. The van der Waals surface area contributed by atoms with Gasteiger partial charge in [-0.05, 0) is 27.7 Å². The molecule has 0 aromatic carbocycles. The Hall–Kier alpha value is -1.86. The van der Waals surface area contributed by atoms with Crippen molar-refractivity contribution >= 4 is 11.9 Å². The summed E-state index contributed by atoms with van der Waals surface area (Å²) in [4.78, 5) is 24.3. The minimum Gasteiger partial charge on any atom is -0.463 e. The van der Waals surface area contributed by atoms with Crippen LogP contribution in [0.15, 0.2) is 22.5 Å². The summed E-state index contributed by atoms with van der Waals surface area (Å²) >= 11 is 0. The van der Waals surface area contributed by atoms with Crippen LogP contribution >= 0.6 is 0 Å². The van der Waals surface area contributed by atoms with Crippen molar-refractivity contribution < 1.29 is 23.8 Å². The molecule has 1 aliphatic rings. The number of carbonyl (C=O) groups is 2. The third-order valence-electron chi connectivity index (χ3n) is 3.13. The van der Waals surface area contributed by atoms with Gasteiger partial charge in [-0.3, -0.25) is 0 Å². The van der Waals surface area contributed by atoms with Crippen LogP contribution in [-0.4, -0.2) is 44.4 Å². The Labute approximate surface area is 136 Å². The first-order chi connectivity index (χ1) is 10.9. The first kappa shape index (κ1) is 19.2.